The van der Waals surface area contributed by atoms with Crippen molar-refractivity contribution in [2.24, 2.45) is 0 Å². The molecule has 6 heteroatoms. The van der Waals surface area contributed by atoms with Crippen LogP contribution in [0.15, 0.2) is 18.2 Å². The number of carboxylic acid groups (broad SMARTS) is 1. The molecule has 1 aromatic rings. The Kier molecular flexibility index (Phi) is 5.82. The van der Waals surface area contributed by atoms with Gasteiger partial charge in [-0.3, -0.25) is 4.79 Å². The van der Waals surface area contributed by atoms with Gasteiger partial charge >= 0.3 is 5.97 Å². The highest BCUT2D eigenvalue weighted by Crippen LogP contribution is 2.11. The summed E-state index contributed by atoms with van der Waals surface area (Å²) in [6.45, 7) is 1.61. The largest absolute Gasteiger partial charge is 0.480 e. The fraction of sp³-hybridized carbons (Fsp3) is 0.385. The molecule has 0 fully saturated rings. The molecule has 0 aliphatic carbocycles. The molecule has 0 aliphatic rings. The molecule has 0 spiro atoms. The summed E-state index contributed by atoms with van der Waals surface area (Å²) in [4.78, 5) is 23.0. The summed E-state index contributed by atoms with van der Waals surface area (Å²) < 4.78 is 12.9. The quantitative estimate of drug-likeness (QED) is 0.839. The number of carbonyl (C=O) groups is 2. The van der Waals surface area contributed by atoms with E-state index in [0.29, 0.717) is 17.7 Å². The zero-order chi connectivity index (χ0) is 14.4. The van der Waals surface area contributed by atoms with Crippen molar-refractivity contribution in [3.8, 4) is 0 Å². The minimum atomic E-state index is -1.07. The molecule has 2 N–H and O–H groups in total. The van der Waals surface area contributed by atoms with Crippen molar-refractivity contribution in [3.05, 3.63) is 35.1 Å². The van der Waals surface area contributed by atoms with E-state index in [-0.39, 0.29) is 5.56 Å². The predicted molar refractivity (Wildman–Crippen MR) is 73.0 cm³/mol. The van der Waals surface area contributed by atoms with Crippen LogP contribution < -0.4 is 5.32 Å². The Labute approximate surface area is 115 Å². The fourth-order valence-corrected chi connectivity index (χ4v) is 2.08. The normalized spacial score (nSPS) is 11.9. The van der Waals surface area contributed by atoms with Crippen LogP contribution in [-0.4, -0.2) is 35.0 Å². The molecule has 1 rings (SSSR count). The lowest BCUT2D eigenvalue weighted by Gasteiger charge is -2.14. The Morgan fingerprint density at radius 1 is 1.47 bits per heavy atom. The molecule has 0 heterocycles. The number of hydrogen-bond acceptors (Lipinski definition) is 3. The van der Waals surface area contributed by atoms with Crippen LogP contribution in [0.5, 0.6) is 0 Å². The van der Waals surface area contributed by atoms with Crippen LogP contribution in [0.4, 0.5) is 4.39 Å². The second-order valence-electron chi connectivity index (χ2n) is 4.11. The van der Waals surface area contributed by atoms with E-state index in [1.165, 1.54) is 30.0 Å². The number of nitrogens with one attached hydrogen (secondary N) is 1. The Hall–Kier alpha value is -1.56. The molecule has 0 saturated carbocycles. The smallest absolute Gasteiger partial charge is 0.326 e. The van der Waals surface area contributed by atoms with Crippen molar-refractivity contribution in [2.75, 3.05) is 12.0 Å². The molecule has 1 amide bonds. The maximum absolute atomic E-state index is 12.9. The van der Waals surface area contributed by atoms with Gasteiger partial charge in [0.25, 0.3) is 5.91 Å². The summed E-state index contributed by atoms with van der Waals surface area (Å²) in [5, 5.41) is 11.5. The van der Waals surface area contributed by atoms with E-state index in [4.69, 9.17) is 5.11 Å². The average Bonchev–Trinajstić information content (AvgIpc) is 2.33. The molecule has 4 nitrogen and oxygen atoms in total. The van der Waals surface area contributed by atoms with Gasteiger partial charge in [-0.15, -0.1) is 0 Å². The molecular weight excluding hydrogens is 269 g/mol. The van der Waals surface area contributed by atoms with Gasteiger partial charge in [-0.25, -0.2) is 9.18 Å². The van der Waals surface area contributed by atoms with Crippen molar-refractivity contribution in [2.45, 2.75) is 19.4 Å². The minimum Gasteiger partial charge on any atom is -0.480 e. The topological polar surface area (TPSA) is 66.4 Å². The molecular formula is C13H16FNO3S. The van der Waals surface area contributed by atoms with E-state index in [0.717, 1.165) is 0 Å². The number of amides is 1. The number of hydrogen-bond donors (Lipinski definition) is 2. The number of rotatable bonds is 6. The number of halogens is 1. The summed E-state index contributed by atoms with van der Waals surface area (Å²) in [5.74, 6) is -1.35. The van der Waals surface area contributed by atoms with Gasteiger partial charge in [0.15, 0.2) is 0 Å². The van der Waals surface area contributed by atoms with Gasteiger partial charge in [0, 0.05) is 5.56 Å². The summed E-state index contributed by atoms with van der Waals surface area (Å²) in [6, 6.07) is 2.85. The summed E-state index contributed by atoms with van der Waals surface area (Å²) in [7, 11) is 0. The van der Waals surface area contributed by atoms with Crippen molar-refractivity contribution < 1.29 is 19.1 Å². The third-order valence-corrected chi connectivity index (χ3v) is 3.29. The van der Waals surface area contributed by atoms with Crippen molar-refractivity contribution in [1.29, 1.82) is 0 Å². The Morgan fingerprint density at radius 3 is 2.68 bits per heavy atom. The Morgan fingerprint density at radius 2 is 2.16 bits per heavy atom. The molecule has 0 radical (unpaired) electrons. The fourth-order valence-electron chi connectivity index (χ4n) is 1.61. The molecule has 19 heavy (non-hydrogen) atoms. The first-order chi connectivity index (χ1) is 8.95. The van der Waals surface area contributed by atoms with E-state index in [9.17, 15) is 14.0 Å². The summed E-state index contributed by atoms with van der Waals surface area (Å²) in [6.07, 6.45) is 2.22. The van der Waals surface area contributed by atoms with Gasteiger partial charge in [-0.1, -0.05) is 0 Å². The van der Waals surface area contributed by atoms with Crippen LogP contribution in [0.1, 0.15) is 22.3 Å². The third-order valence-electron chi connectivity index (χ3n) is 2.65. The lowest BCUT2D eigenvalue weighted by molar-refractivity contribution is -0.139. The maximum atomic E-state index is 12.9. The molecule has 1 aromatic carbocycles. The molecule has 1 atom stereocenters. The number of benzene rings is 1. The average molecular weight is 285 g/mol. The van der Waals surface area contributed by atoms with Crippen LogP contribution >= 0.6 is 11.8 Å². The van der Waals surface area contributed by atoms with Crippen LogP contribution in [0, 0.1) is 12.7 Å². The van der Waals surface area contributed by atoms with E-state index >= 15 is 0 Å². The highest BCUT2D eigenvalue weighted by atomic mass is 32.2. The second kappa shape index (κ2) is 7.13. The highest BCUT2D eigenvalue weighted by molar-refractivity contribution is 7.98. The van der Waals surface area contributed by atoms with Crippen LogP contribution in [0.25, 0.3) is 0 Å². The standard InChI is InChI=1S/C13H16FNO3S/c1-8-7-9(14)3-4-10(8)12(16)15-11(13(17)18)5-6-19-2/h3-4,7,11H,5-6H2,1-2H3,(H,15,16)(H,17,18)/t11-/m1/s1. The molecule has 104 valence electrons. The van der Waals surface area contributed by atoms with Crippen molar-refractivity contribution >= 4 is 23.6 Å². The number of aryl methyl sites for hydroxylation is 1. The van der Waals surface area contributed by atoms with E-state index in [1.807, 2.05) is 6.26 Å². The molecule has 0 aliphatic heterocycles. The van der Waals surface area contributed by atoms with Crippen molar-refractivity contribution in [1.82, 2.24) is 5.32 Å². The van der Waals surface area contributed by atoms with E-state index < -0.39 is 23.7 Å². The summed E-state index contributed by atoms with van der Waals surface area (Å²) >= 11 is 1.51. The molecule has 0 unspecified atom stereocenters. The summed E-state index contributed by atoms with van der Waals surface area (Å²) in [5.41, 5.74) is 0.767. The van der Waals surface area contributed by atoms with Gasteiger partial charge in [-0.05, 0) is 49.1 Å². The minimum absolute atomic E-state index is 0.289. The van der Waals surface area contributed by atoms with Crippen molar-refractivity contribution in [3.63, 3.8) is 0 Å². The molecule has 0 saturated heterocycles. The first-order valence-corrected chi connectivity index (χ1v) is 7.14. The van der Waals surface area contributed by atoms with Gasteiger partial charge in [0.05, 0.1) is 0 Å². The monoisotopic (exact) mass is 285 g/mol. The lowest BCUT2D eigenvalue weighted by Crippen LogP contribution is -2.41. The number of aliphatic carboxylic acids is 1. The Balaban J connectivity index is 2.78. The van der Waals surface area contributed by atoms with E-state index in [1.54, 1.807) is 6.92 Å². The van der Waals surface area contributed by atoms with E-state index in [2.05, 4.69) is 5.32 Å². The maximum Gasteiger partial charge on any atom is 0.326 e. The lowest BCUT2D eigenvalue weighted by atomic mass is 10.1. The number of carboxylic acids is 1. The van der Waals surface area contributed by atoms with Gasteiger partial charge in [0.2, 0.25) is 0 Å². The first kappa shape index (κ1) is 15.5. The van der Waals surface area contributed by atoms with Crippen LogP contribution in [0.3, 0.4) is 0 Å². The number of thioether (sulfide) groups is 1. The molecule has 0 bridgehead atoms. The zero-order valence-electron chi connectivity index (χ0n) is 10.8. The number of carbonyl (C=O) groups excluding carboxylic acids is 1. The Bertz CT molecular complexity index is 479. The molecule has 0 aromatic heterocycles. The SMILES string of the molecule is CSCC[C@@H](NC(=O)c1ccc(F)cc1C)C(=O)O. The van der Waals surface area contributed by atoms with Crippen LogP contribution in [0.2, 0.25) is 0 Å². The van der Waals surface area contributed by atoms with Gasteiger partial charge < -0.3 is 10.4 Å². The van der Waals surface area contributed by atoms with Crippen LogP contribution in [-0.2, 0) is 4.79 Å². The highest BCUT2D eigenvalue weighted by Gasteiger charge is 2.21. The second-order valence-corrected chi connectivity index (χ2v) is 5.09. The van der Waals surface area contributed by atoms with Gasteiger partial charge in [-0.2, -0.15) is 11.8 Å². The third kappa shape index (κ3) is 4.55. The zero-order valence-corrected chi connectivity index (χ0v) is 11.6. The predicted octanol–water partition coefficient (Wildman–Crippen LogP) is 2.07. The first-order valence-electron chi connectivity index (χ1n) is 5.74. The van der Waals surface area contributed by atoms with Gasteiger partial charge in [0.1, 0.15) is 11.9 Å².